The fourth-order valence-electron chi connectivity index (χ4n) is 3.07. The molecule has 1 N–H and O–H groups in total. The molecule has 0 saturated heterocycles. The van der Waals surface area contributed by atoms with Gasteiger partial charge < -0.3 is 19.4 Å². The molecule has 0 unspecified atom stereocenters. The highest BCUT2D eigenvalue weighted by Gasteiger charge is 2.16. The number of rotatable bonds is 8. The molecule has 0 aliphatic carbocycles. The van der Waals surface area contributed by atoms with Gasteiger partial charge in [-0.25, -0.2) is 0 Å². The van der Waals surface area contributed by atoms with Gasteiger partial charge in [-0.05, 0) is 55.0 Å². The van der Waals surface area contributed by atoms with Crippen LogP contribution in [0, 0.1) is 6.92 Å². The fraction of sp³-hybridized carbons (Fsp3) is 0.167. The van der Waals surface area contributed by atoms with E-state index >= 15 is 0 Å². The lowest BCUT2D eigenvalue weighted by atomic mass is 10.2. The molecule has 9 heteroatoms. The van der Waals surface area contributed by atoms with E-state index in [1.165, 1.54) is 11.3 Å². The lowest BCUT2D eigenvalue weighted by Crippen LogP contribution is -2.26. The second-order valence-electron chi connectivity index (χ2n) is 7.33. The Labute approximate surface area is 194 Å². The van der Waals surface area contributed by atoms with E-state index < -0.39 is 0 Å². The first kappa shape index (κ1) is 22.2. The maximum Gasteiger partial charge on any atom is 0.286 e. The molecule has 2 aromatic carbocycles. The molecule has 0 radical (unpaired) electrons. The van der Waals surface area contributed by atoms with Gasteiger partial charge in [0.15, 0.2) is 5.01 Å². The van der Waals surface area contributed by atoms with Crippen molar-refractivity contribution in [2.24, 2.45) is 0 Å². The SMILES string of the molecule is Cc1ccccc1OCc1nnc(C(=O)Nc2ccc(C(=O)N(C)Cc3ccco3)cc2)s1. The molecule has 0 fully saturated rings. The number of carbonyl (C=O) groups excluding carboxylic acids is 2. The monoisotopic (exact) mass is 462 g/mol. The van der Waals surface area contributed by atoms with Crippen molar-refractivity contribution in [2.45, 2.75) is 20.1 Å². The first-order valence-electron chi connectivity index (χ1n) is 10.2. The number of anilines is 1. The number of aromatic nitrogens is 2. The maximum absolute atomic E-state index is 12.6. The number of ether oxygens (including phenoxy) is 1. The van der Waals surface area contributed by atoms with Crippen LogP contribution in [0.1, 0.15) is 36.5 Å². The summed E-state index contributed by atoms with van der Waals surface area (Å²) < 4.78 is 11.0. The number of para-hydroxylation sites is 1. The van der Waals surface area contributed by atoms with Crippen molar-refractivity contribution >= 4 is 28.8 Å². The molecule has 0 aliphatic rings. The van der Waals surface area contributed by atoms with Gasteiger partial charge >= 0.3 is 0 Å². The predicted molar refractivity (Wildman–Crippen MR) is 124 cm³/mol. The topological polar surface area (TPSA) is 97.6 Å². The summed E-state index contributed by atoms with van der Waals surface area (Å²) in [4.78, 5) is 26.7. The lowest BCUT2D eigenvalue weighted by Gasteiger charge is -2.16. The summed E-state index contributed by atoms with van der Waals surface area (Å²) in [6.07, 6.45) is 1.57. The maximum atomic E-state index is 12.6. The van der Waals surface area contributed by atoms with Crippen LogP contribution in [0.15, 0.2) is 71.3 Å². The minimum absolute atomic E-state index is 0.147. The summed E-state index contributed by atoms with van der Waals surface area (Å²) in [5.41, 5.74) is 2.08. The van der Waals surface area contributed by atoms with Crippen LogP contribution in [-0.4, -0.2) is 34.0 Å². The normalized spacial score (nSPS) is 10.6. The van der Waals surface area contributed by atoms with Gasteiger partial charge in [0.25, 0.3) is 11.8 Å². The number of carbonyl (C=O) groups is 2. The summed E-state index contributed by atoms with van der Waals surface area (Å²) in [7, 11) is 1.70. The Kier molecular flexibility index (Phi) is 6.80. The van der Waals surface area contributed by atoms with Crippen LogP contribution in [0.2, 0.25) is 0 Å². The Balaban J connectivity index is 1.32. The number of hydrogen-bond donors (Lipinski definition) is 1. The molecule has 0 bridgehead atoms. The van der Waals surface area contributed by atoms with Crippen LogP contribution in [0.25, 0.3) is 0 Å². The van der Waals surface area contributed by atoms with E-state index in [0.717, 1.165) is 11.3 Å². The lowest BCUT2D eigenvalue weighted by molar-refractivity contribution is 0.0775. The smallest absolute Gasteiger partial charge is 0.286 e. The van der Waals surface area contributed by atoms with Crippen LogP contribution < -0.4 is 10.1 Å². The summed E-state index contributed by atoms with van der Waals surface area (Å²) >= 11 is 1.17. The van der Waals surface area contributed by atoms with Crippen molar-refractivity contribution in [2.75, 3.05) is 12.4 Å². The zero-order valence-electron chi connectivity index (χ0n) is 18.1. The quantitative estimate of drug-likeness (QED) is 0.413. The van der Waals surface area contributed by atoms with Gasteiger partial charge in [-0.2, -0.15) is 0 Å². The van der Waals surface area contributed by atoms with E-state index in [4.69, 9.17) is 9.15 Å². The summed E-state index contributed by atoms with van der Waals surface area (Å²) in [5, 5.41) is 11.6. The molecule has 168 valence electrons. The number of aryl methyl sites for hydroxylation is 1. The van der Waals surface area contributed by atoms with Gasteiger partial charge in [-0.15, -0.1) is 10.2 Å². The third kappa shape index (κ3) is 5.64. The standard InChI is InChI=1S/C24H22N4O4S/c1-16-6-3-4-8-20(16)32-15-21-26-27-23(33-21)22(29)25-18-11-9-17(10-12-18)24(30)28(2)14-19-7-5-13-31-19/h3-13H,14-15H2,1-2H3,(H,25,29). The Bertz CT molecular complexity index is 1240. The van der Waals surface area contributed by atoms with Crippen molar-refractivity contribution in [1.29, 1.82) is 0 Å². The fourth-order valence-corrected chi connectivity index (χ4v) is 3.72. The zero-order chi connectivity index (χ0) is 23.2. The second-order valence-corrected chi connectivity index (χ2v) is 8.39. The molecule has 0 spiro atoms. The Morgan fingerprint density at radius 2 is 1.85 bits per heavy atom. The molecular weight excluding hydrogens is 440 g/mol. The number of nitrogens with zero attached hydrogens (tertiary/aromatic N) is 3. The van der Waals surface area contributed by atoms with Gasteiger partial charge in [0, 0.05) is 18.3 Å². The third-order valence-corrected chi connectivity index (χ3v) is 5.71. The number of hydrogen-bond acceptors (Lipinski definition) is 7. The van der Waals surface area contributed by atoms with Crippen LogP contribution in [0.5, 0.6) is 5.75 Å². The molecule has 2 aromatic heterocycles. The van der Waals surface area contributed by atoms with Gasteiger partial charge in [-0.3, -0.25) is 9.59 Å². The van der Waals surface area contributed by atoms with E-state index in [0.29, 0.717) is 28.6 Å². The predicted octanol–water partition coefficient (Wildman–Crippen LogP) is 4.54. The largest absolute Gasteiger partial charge is 0.486 e. The van der Waals surface area contributed by atoms with Crippen LogP contribution in [0.4, 0.5) is 5.69 Å². The molecule has 4 rings (SSSR count). The van der Waals surface area contributed by atoms with Crippen molar-refractivity contribution in [3.05, 3.63) is 93.8 Å². The number of amides is 2. The van der Waals surface area contributed by atoms with Gasteiger partial charge in [-0.1, -0.05) is 29.5 Å². The summed E-state index contributed by atoms with van der Waals surface area (Å²) in [6, 6.07) is 18.0. The molecule has 0 atom stereocenters. The minimum atomic E-state index is -0.372. The molecule has 8 nitrogen and oxygen atoms in total. The number of furan rings is 1. The molecule has 2 heterocycles. The van der Waals surface area contributed by atoms with Gasteiger partial charge in [0.2, 0.25) is 5.01 Å². The van der Waals surface area contributed by atoms with E-state index in [-0.39, 0.29) is 23.4 Å². The van der Waals surface area contributed by atoms with Gasteiger partial charge in [0.05, 0.1) is 12.8 Å². The summed E-state index contributed by atoms with van der Waals surface area (Å²) in [5.74, 6) is 0.953. The Hall–Kier alpha value is -3.98. The average Bonchev–Trinajstić information content (AvgIpc) is 3.51. The van der Waals surface area contributed by atoms with Crippen LogP contribution in [0.3, 0.4) is 0 Å². The molecule has 0 saturated carbocycles. The highest BCUT2D eigenvalue weighted by Crippen LogP contribution is 2.20. The molecule has 4 aromatic rings. The number of benzene rings is 2. The highest BCUT2D eigenvalue weighted by atomic mass is 32.1. The second kappa shape index (κ2) is 10.1. The Morgan fingerprint density at radius 3 is 2.58 bits per heavy atom. The van der Waals surface area contributed by atoms with E-state index in [9.17, 15) is 9.59 Å². The molecule has 0 aliphatic heterocycles. The van der Waals surface area contributed by atoms with E-state index in [2.05, 4.69) is 15.5 Å². The van der Waals surface area contributed by atoms with Crippen molar-refractivity contribution in [3.63, 3.8) is 0 Å². The van der Waals surface area contributed by atoms with Crippen LogP contribution >= 0.6 is 11.3 Å². The van der Waals surface area contributed by atoms with Crippen molar-refractivity contribution in [3.8, 4) is 5.75 Å². The molecule has 2 amide bonds. The number of nitrogens with one attached hydrogen (secondary N) is 1. The van der Waals surface area contributed by atoms with Crippen molar-refractivity contribution in [1.82, 2.24) is 15.1 Å². The van der Waals surface area contributed by atoms with E-state index in [1.807, 2.05) is 37.3 Å². The average molecular weight is 463 g/mol. The highest BCUT2D eigenvalue weighted by molar-refractivity contribution is 7.13. The molecular formula is C24H22N4O4S. The van der Waals surface area contributed by atoms with Crippen molar-refractivity contribution < 1.29 is 18.7 Å². The zero-order valence-corrected chi connectivity index (χ0v) is 19.0. The first-order valence-corrected chi connectivity index (χ1v) is 11.0. The molecule has 33 heavy (non-hydrogen) atoms. The third-order valence-electron chi connectivity index (χ3n) is 4.82. The minimum Gasteiger partial charge on any atom is -0.486 e. The Morgan fingerprint density at radius 1 is 1.06 bits per heavy atom. The van der Waals surface area contributed by atoms with Crippen LogP contribution in [-0.2, 0) is 13.2 Å². The first-order chi connectivity index (χ1) is 16.0. The summed E-state index contributed by atoms with van der Waals surface area (Å²) in [6.45, 7) is 2.57. The van der Waals surface area contributed by atoms with E-state index in [1.54, 1.807) is 48.5 Å². The van der Waals surface area contributed by atoms with Gasteiger partial charge in [0.1, 0.15) is 18.1 Å².